The summed E-state index contributed by atoms with van der Waals surface area (Å²) in [7, 11) is 0. The minimum Gasteiger partial charge on any atom is -0.619 e. The number of aliphatic hydroxyl groups is 4. The van der Waals surface area contributed by atoms with Gasteiger partial charge in [0.15, 0.2) is 51.2 Å². The molecule has 0 saturated carbocycles. The van der Waals surface area contributed by atoms with Crippen molar-refractivity contribution in [2.45, 2.75) is 186 Å². The molecule has 4 amide bonds. The number of imidazole rings is 4. The van der Waals surface area contributed by atoms with Crippen molar-refractivity contribution in [1.29, 1.82) is 0 Å². The van der Waals surface area contributed by atoms with E-state index in [9.17, 15) is 50.0 Å². The Morgan fingerprint density at radius 2 is 0.587 bits per heavy atom. The van der Waals surface area contributed by atoms with E-state index < -0.39 is 35.6 Å². The lowest BCUT2D eigenvalue weighted by atomic mass is 10.1. The number of benzene rings is 4. The average Bonchev–Trinajstić information content (AvgIpc) is 1.61. The molecule has 12 aromatic rings. The minimum absolute atomic E-state index is 0. The zero-order valence-electron chi connectivity index (χ0n) is 79.8. The van der Waals surface area contributed by atoms with Gasteiger partial charge in [0.1, 0.15) is 66.0 Å². The number of terminal acetylenes is 2. The molecule has 0 fully saturated rings. The standard InChI is InChI=1S/2C20H20Cl2N4O4S.2C20H20Cl2N4O3S.C14H2.C12H6.2CH4/c1-20(2,28)17-18(31-15-8-13(21)7-14(22)9-15)26(16(24-17)11-30-19(23)27)10-12-3-5-25(29)6-4-12;1-12(10-27)18-19(31-16-7-14(21)6-15(22)8-16)26(17(24-18)11-30-20(23)28)9-13-2-4-25(29)5-3-13;1-20(2,28)17-18(30-15-8-13(21)7-14(22)9-15)26(10-12-3-5-24-6-4-12)16(25-17)11-29-19(23)27;1-12(10-27)18-19(30-16-7-14(21)6-15(22)8-16)26(9-13-2-4-24-5-3-13)17(25-18)11-29-20(23)28;1-3-5-7-9-11-13-14-12-10-8-6-4-2;1-3-5-7-9-11-12-10-8-6-4-2;;/h3-9,28H,10-11H2,1-2H3,(H2,23,27);2-8,12,27H,9-11H2,1H3,(H2,23,28);3-9,28H,10-11H2,1-2H3,(H2,23,27);2-8,12,27H,9-11H2,1H3,(H2,23,28);1-2H;1-2H3;2*1H4. The lowest BCUT2D eigenvalue weighted by Gasteiger charge is -2.18. The van der Waals surface area contributed by atoms with E-state index in [0.717, 1.165) is 51.9 Å². The molecular formula is C108H96Cl8N16O14S4. The first kappa shape index (κ1) is 126. The first-order valence-corrected chi connectivity index (χ1v) is 49.1. The first-order chi connectivity index (χ1) is 70.6. The van der Waals surface area contributed by atoms with Crippen molar-refractivity contribution in [2.75, 3.05) is 13.2 Å². The number of pyridine rings is 4. The van der Waals surface area contributed by atoms with Crippen molar-refractivity contribution < 1.29 is 68.0 Å². The molecular weight excluding hydrogens is 2160 g/mol. The second-order valence-electron chi connectivity index (χ2n) is 30.6. The number of halogens is 8. The fourth-order valence-electron chi connectivity index (χ4n) is 11.9. The van der Waals surface area contributed by atoms with Gasteiger partial charge in [-0.05, 0) is 279 Å². The molecule has 12 N–H and O–H groups in total. The van der Waals surface area contributed by atoms with E-state index in [-0.39, 0.29) is 66.3 Å². The number of carbonyl (C=O) groups is 4. The van der Waals surface area contributed by atoms with Gasteiger partial charge in [-0.25, -0.2) is 39.1 Å². The molecule has 0 saturated heterocycles. The van der Waals surface area contributed by atoms with Crippen LogP contribution in [0.2, 0.25) is 40.2 Å². The van der Waals surface area contributed by atoms with Gasteiger partial charge in [0.25, 0.3) is 0 Å². The molecule has 4 aromatic carbocycles. The molecule has 0 aliphatic heterocycles. The summed E-state index contributed by atoms with van der Waals surface area (Å²) in [5.41, 5.74) is 23.7. The number of aromatic nitrogens is 12. The maximum Gasteiger partial charge on any atom is 0.404 e. The zero-order chi connectivity index (χ0) is 108. The van der Waals surface area contributed by atoms with Crippen LogP contribution in [0.1, 0.15) is 150 Å². The van der Waals surface area contributed by atoms with Crippen LogP contribution in [0.5, 0.6) is 0 Å². The van der Waals surface area contributed by atoms with Crippen LogP contribution in [-0.4, -0.2) is 106 Å². The monoisotopic (exact) mass is 2250 g/mol. The summed E-state index contributed by atoms with van der Waals surface area (Å²) in [6.07, 6.45) is 18.4. The predicted molar refractivity (Wildman–Crippen MR) is 586 cm³/mol. The molecule has 30 nitrogen and oxygen atoms in total. The van der Waals surface area contributed by atoms with Crippen molar-refractivity contribution in [2.24, 2.45) is 22.9 Å². The molecule has 42 heteroatoms. The van der Waals surface area contributed by atoms with Crippen LogP contribution in [0.3, 0.4) is 0 Å². The van der Waals surface area contributed by atoms with Crippen LogP contribution in [0.15, 0.2) is 211 Å². The molecule has 2 unspecified atom stereocenters. The Hall–Kier alpha value is -14.7. The number of nitrogens with two attached hydrogens (primary N) is 4. The number of hydrogen-bond donors (Lipinski definition) is 8. The quantitative estimate of drug-likeness (QED) is 0.00897. The lowest BCUT2D eigenvalue weighted by molar-refractivity contribution is -0.605. The highest BCUT2D eigenvalue weighted by Gasteiger charge is 2.33. The van der Waals surface area contributed by atoms with E-state index in [4.69, 9.17) is 148 Å². The largest absolute Gasteiger partial charge is 0.619 e. The molecule has 8 heterocycles. The molecule has 0 radical (unpaired) electrons. The summed E-state index contributed by atoms with van der Waals surface area (Å²) in [6.45, 7) is 14.4. The van der Waals surface area contributed by atoms with Gasteiger partial charge in [-0.3, -0.25) is 9.97 Å². The number of ether oxygens (including phenoxy) is 4. The van der Waals surface area contributed by atoms with E-state index in [2.05, 4.69) is 160 Å². The van der Waals surface area contributed by atoms with Gasteiger partial charge in [-0.2, -0.15) is 9.46 Å². The fraction of sp³-hybridized carbons (Fsp3) is 0.222. The number of nitrogens with zero attached hydrogens (tertiary/aromatic N) is 12. The highest BCUT2D eigenvalue weighted by Crippen LogP contribution is 2.44. The van der Waals surface area contributed by atoms with Gasteiger partial charge in [0, 0.05) is 121 Å². The van der Waals surface area contributed by atoms with Crippen molar-refractivity contribution >= 4 is 164 Å². The third-order valence-corrected chi connectivity index (χ3v) is 24.4. The Morgan fingerprint density at radius 1 is 0.373 bits per heavy atom. The summed E-state index contributed by atoms with van der Waals surface area (Å²) in [5, 5.41) is 70.5. The fourth-order valence-corrected chi connectivity index (χ4v) is 19.5. The number of amides is 4. The third-order valence-electron chi connectivity index (χ3n) is 18.3. The van der Waals surface area contributed by atoms with Crippen LogP contribution >= 0.6 is 140 Å². The van der Waals surface area contributed by atoms with Gasteiger partial charge < -0.3 is 91.0 Å². The summed E-state index contributed by atoms with van der Waals surface area (Å²) >= 11 is 54.7. The van der Waals surface area contributed by atoms with Crippen molar-refractivity contribution in [1.82, 2.24) is 48.2 Å². The number of aliphatic hydroxyl groups excluding tert-OH is 2. The Kier molecular flexibility index (Phi) is 54.6. The summed E-state index contributed by atoms with van der Waals surface area (Å²) in [5.74, 6) is 55.1. The minimum atomic E-state index is -1.30. The number of primary amides is 4. The highest BCUT2D eigenvalue weighted by atomic mass is 35.5. The predicted octanol–water partition coefficient (Wildman–Crippen LogP) is 19.2. The Labute approximate surface area is 927 Å². The van der Waals surface area contributed by atoms with E-state index in [1.165, 1.54) is 71.8 Å². The van der Waals surface area contributed by atoms with Crippen LogP contribution in [0.25, 0.3) is 0 Å². The lowest BCUT2D eigenvalue weighted by Crippen LogP contribution is -2.24. The number of rotatable bonds is 30. The maximum absolute atomic E-state index is 11.4. The van der Waals surface area contributed by atoms with Crippen molar-refractivity contribution in [3.63, 3.8) is 0 Å². The van der Waals surface area contributed by atoms with E-state index >= 15 is 0 Å². The second-order valence-corrected chi connectivity index (χ2v) is 38.3. The maximum atomic E-state index is 11.4. The van der Waals surface area contributed by atoms with Crippen molar-refractivity contribution in [3.8, 4) is 143 Å². The summed E-state index contributed by atoms with van der Waals surface area (Å²) < 4.78 is 28.8. The molecule has 772 valence electrons. The Balaban J connectivity index is 0.000000324. The first-order valence-electron chi connectivity index (χ1n) is 42.8. The smallest absolute Gasteiger partial charge is 0.404 e. The van der Waals surface area contributed by atoms with E-state index in [1.807, 2.05) is 51.8 Å². The number of carbonyl (C=O) groups excluding carboxylic acids is 4. The van der Waals surface area contributed by atoms with E-state index in [0.29, 0.717) is 132 Å². The molecule has 12 rings (SSSR count). The van der Waals surface area contributed by atoms with Crippen LogP contribution < -0.4 is 32.4 Å². The van der Waals surface area contributed by atoms with Crippen molar-refractivity contribution in [3.05, 3.63) is 290 Å². The van der Waals surface area contributed by atoms with Gasteiger partial charge in [0.05, 0.1) is 50.8 Å². The zero-order valence-corrected chi connectivity index (χ0v) is 89.1. The molecule has 0 aliphatic rings. The molecule has 2 atom stereocenters. The SMILES string of the molecule is C.C.C#CC#CC#CC#CC#CC#CC#C.CC#CC#CC#CC#CC#CC.CC(C)(O)c1nc(COC(N)=O)n(Cc2cc[n+]([O-])cc2)c1Sc1cc(Cl)cc(Cl)c1.CC(C)(O)c1nc(COC(N)=O)n(Cc2ccncc2)c1Sc1cc(Cl)cc(Cl)c1.CC(CO)c1nc(COC(N)=O)n(Cc2cc[n+]([O-])cc2)c1Sc1cc(Cl)cc(Cl)c1.CC(CO)c1nc(COC(N)=O)n(Cc2ccncc2)c1Sc1cc(Cl)cc(Cl)c1. The van der Waals surface area contributed by atoms with E-state index in [1.54, 1.807) is 168 Å². The Morgan fingerprint density at radius 3 is 0.807 bits per heavy atom. The van der Waals surface area contributed by atoms with Crippen LogP contribution in [-0.2, 0) is 82.8 Å². The van der Waals surface area contributed by atoms with Gasteiger partial charge >= 0.3 is 24.4 Å². The highest BCUT2D eigenvalue weighted by molar-refractivity contribution is 8.00. The molecule has 8 aromatic heterocycles. The van der Waals surface area contributed by atoms with Crippen LogP contribution in [0, 0.1) is 154 Å². The van der Waals surface area contributed by atoms with Gasteiger partial charge in [-0.15, -0.1) is 12.8 Å². The molecule has 0 bridgehead atoms. The Bertz CT molecular complexity index is 7340. The molecule has 0 aliphatic carbocycles. The summed E-state index contributed by atoms with van der Waals surface area (Å²) in [4.78, 5) is 74.3. The average molecular weight is 2250 g/mol. The molecule has 0 spiro atoms. The summed E-state index contributed by atoms with van der Waals surface area (Å²) in [6, 6.07) is 34.9. The van der Waals surface area contributed by atoms with Gasteiger partial charge in [0.2, 0.25) is 0 Å². The molecule has 150 heavy (non-hydrogen) atoms. The van der Waals surface area contributed by atoms with Gasteiger partial charge in [-0.1, -0.05) is 180 Å². The number of hydrogen-bond acceptors (Lipinski definition) is 24. The second kappa shape index (κ2) is 65.2. The topological polar surface area (TPSA) is 441 Å². The van der Waals surface area contributed by atoms with Crippen LogP contribution in [0.4, 0.5) is 19.2 Å². The normalized spacial score (nSPS) is 10.2. The third kappa shape index (κ3) is 44.4.